The lowest BCUT2D eigenvalue weighted by atomic mass is 10.1. The first-order valence-electron chi connectivity index (χ1n) is 10.3. The van der Waals surface area contributed by atoms with Crippen molar-refractivity contribution in [2.24, 2.45) is 0 Å². The number of carbonyl (C=O) groups is 2. The minimum Gasteiger partial charge on any atom is -0.497 e. The Morgan fingerprint density at radius 1 is 1.10 bits per heavy atom. The summed E-state index contributed by atoms with van der Waals surface area (Å²) in [6, 6.07) is 5.70. The lowest BCUT2D eigenvalue weighted by Gasteiger charge is -2.35. The second-order valence-corrected chi connectivity index (χ2v) is 8.81. The number of likely N-dealkylation sites (N-methyl/N-ethyl adjacent to an activating group) is 1. The Bertz CT molecular complexity index is 724. The molecule has 30 heavy (non-hydrogen) atoms. The summed E-state index contributed by atoms with van der Waals surface area (Å²) in [6.07, 6.45) is 0. The van der Waals surface area contributed by atoms with E-state index in [2.05, 4.69) is 10.2 Å². The summed E-state index contributed by atoms with van der Waals surface area (Å²) in [5, 5.41) is 2.98. The van der Waals surface area contributed by atoms with E-state index in [4.69, 9.17) is 9.47 Å². The number of nitrogens with one attached hydrogen (secondary N) is 1. The average Bonchev–Trinajstić information content (AvgIpc) is 2.67. The summed E-state index contributed by atoms with van der Waals surface area (Å²) in [4.78, 5) is 30.8. The van der Waals surface area contributed by atoms with Crippen LogP contribution in [0, 0.1) is 0 Å². The third-order valence-electron chi connectivity index (χ3n) is 4.95. The summed E-state index contributed by atoms with van der Waals surface area (Å²) in [6.45, 7) is 9.92. The molecule has 0 aromatic heterocycles. The van der Waals surface area contributed by atoms with Crippen LogP contribution in [-0.2, 0) is 16.1 Å². The molecule has 1 heterocycles. The molecular weight excluding hydrogens is 384 g/mol. The number of rotatable bonds is 8. The summed E-state index contributed by atoms with van der Waals surface area (Å²) in [7, 11) is 5.18. The van der Waals surface area contributed by atoms with Gasteiger partial charge in [-0.1, -0.05) is 6.07 Å². The van der Waals surface area contributed by atoms with Gasteiger partial charge in [0.15, 0.2) is 0 Å². The zero-order valence-corrected chi connectivity index (χ0v) is 19.2. The van der Waals surface area contributed by atoms with E-state index in [0.29, 0.717) is 45.8 Å². The van der Waals surface area contributed by atoms with Gasteiger partial charge in [0.2, 0.25) is 11.8 Å². The highest BCUT2D eigenvalue weighted by molar-refractivity contribution is 5.79. The van der Waals surface area contributed by atoms with Gasteiger partial charge in [-0.15, -0.1) is 0 Å². The third-order valence-corrected chi connectivity index (χ3v) is 4.95. The molecule has 1 N–H and O–H groups in total. The predicted octanol–water partition coefficient (Wildman–Crippen LogP) is 1.19. The van der Waals surface area contributed by atoms with Crippen LogP contribution in [0.15, 0.2) is 18.2 Å². The largest absolute Gasteiger partial charge is 0.497 e. The van der Waals surface area contributed by atoms with E-state index in [1.54, 1.807) is 14.2 Å². The van der Waals surface area contributed by atoms with E-state index in [0.717, 1.165) is 17.1 Å². The Hall–Kier alpha value is -2.32. The van der Waals surface area contributed by atoms with Crippen molar-refractivity contribution in [1.82, 2.24) is 20.0 Å². The first-order valence-corrected chi connectivity index (χ1v) is 10.3. The van der Waals surface area contributed by atoms with E-state index in [-0.39, 0.29) is 17.4 Å². The Labute approximate surface area is 180 Å². The van der Waals surface area contributed by atoms with Crippen LogP contribution in [0.5, 0.6) is 11.5 Å². The number of hydrogen-bond acceptors (Lipinski definition) is 6. The monoisotopic (exact) mass is 420 g/mol. The molecule has 0 spiro atoms. The molecule has 1 fully saturated rings. The number of nitrogens with zero attached hydrogens (tertiary/aromatic N) is 3. The third kappa shape index (κ3) is 7.50. The lowest BCUT2D eigenvalue weighted by molar-refractivity contribution is -0.134. The Balaban J connectivity index is 1.80. The van der Waals surface area contributed by atoms with Crippen LogP contribution in [0.3, 0.4) is 0 Å². The molecule has 168 valence electrons. The average molecular weight is 421 g/mol. The van der Waals surface area contributed by atoms with E-state index in [9.17, 15) is 9.59 Å². The standard InChI is InChI=1S/C22H36N4O4/c1-22(2,3)23-20(27)15-25-9-11-26(12-10-25)21(28)16-24(4)14-17-7-8-18(29-5)13-19(17)30-6/h7-8,13H,9-12,14-16H2,1-6H3,(H,23,27). The minimum atomic E-state index is -0.230. The van der Waals surface area contributed by atoms with Gasteiger partial charge in [0.05, 0.1) is 27.3 Å². The molecule has 1 saturated heterocycles. The summed E-state index contributed by atoms with van der Waals surface area (Å²) >= 11 is 0. The first-order chi connectivity index (χ1) is 14.1. The molecule has 1 aromatic rings. The van der Waals surface area contributed by atoms with Gasteiger partial charge in [0.25, 0.3) is 0 Å². The smallest absolute Gasteiger partial charge is 0.236 e. The number of benzene rings is 1. The van der Waals surface area contributed by atoms with Gasteiger partial charge < -0.3 is 19.7 Å². The van der Waals surface area contributed by atoms with E-state index >= 15 is 0 Å². The van der Waals surface area contributed by atoms with Gasteiger partial charge in [-0.25, -0.2) is 0 Å². The number of hydrogen-bond donors (Lipinski definition) is 1. The quantitative estimate of drug-likeness (QED) is 0.681. The molecule has 1 aliphatic rings. The normalized spacial score (nSPS) is 15.2. The fourth-order valence-corrected chi connectivity index (χ4v) is 3.48. The zero-order valence-electron chi connectivity index (χ0n) is 19.2. The number of ether oxygens (including phenoxy) is 2. The van der Waals surface area contributed by atoms with E-state index in [1.807, 2.05) is 55.8 Å². The van der Waals surface area contributed by atoms with E-state index < -0.39 is 0 Å². The van der Waals surface area contributed by atoms with Crippen molar-refractivity contribution < 1.29 is 19.1 Å². The Morgan fingerprint density at radius 3 is 2.33 bits per heavy atom. The predicted molar refractivity (Wildman–Crippen MR) is 117 cm³/mol. The van der Waals surface area contributed by atoms with Crippen molar-refractivity contribution in [2.75, 3.05) is 60.5 Å². The Kier molecular flexibility index (Phi) is 8.49. The van der Waals surface area contributed by atoms with Crippen molar-refractivity contribution in [1.29, 1.82) is 0 Å². The van der Waals surface area contributed by atoms with Gasteiger partial charge in [-0.2, -0.15) is 0 Å². The zero-order chi connectivity index (χ0) is 22.3. The van der Waals surface area contributed by atoms with Crippen LogP contribution in [-0.4, -0.2) is 92.6 Å². The second kappa shape index (κ2) is 10.6. The molecule has 0 atom stereocenters. The highest BCUT2D eigenvalue weighted by Crippen LogP contribution is 2.25. The Morgan fingerprint density at radius 2 is 1.77 bits per heavy atom. The molecule has 8 heteroatoms. The molecule has 8 nitrogen and oxygen atoms in total. The van der Waals surface area contributed by atoms with Gasteiger partial charge >= 0.3 is 0 Å². The fourth-order valence-electron chi connectivity index (χ4n) is 3.48. The molecule has 2 amide bonds. The maximum Gasteiger partial charge on any atom is 0.236 e. The maximum atomic E-state index is 12.7. The van der Waals surface area contributed by atoms with Crippen molar-refractivity contribution in [3.05, 3.63) is 23.8 Å². The molecule has 1 aliphatic heterocycles. The summed E-state index contributed by atoms with van der Waals surface area (Å²) in [5.74, 6) is 1.61. The molecule has 0 aliphatic carbocycles. The second-order valence-electron chi connectivity index (χ2n) is 8.81. The van der Waals surface area contributed by atoms with Crippen LogP contribution >= 0.6 is 0 Å². The topological polar surface area (TPSA) is 74.4 Å². The summed E-state index contributed by atoms with van der Waals surface area (Å²) in [5.41, 5.74) is 0.773. The number of piperazine rings is 1. The number of methoxy groups -OCH3 is 2. The number of amides is 2. The molecule has 1 aromatic carbocycles. The van der Waals surface area contributed by atoms with Crippen LogP contribution in [0.1, 0.15) is 26.3 Å². The van der Waals surface area contributed by atoms with Gasteiger partial charge in [-0.3, -0.25) is 19.4 Å². The fraction of sp³-hybridized carbons (Fsp3) is 0.636. The lowest BCUT2D eigenvalue weighted by Crippen LogP contribution is -2.54. The van der Waals surface area contributed by atoms with Crippen LogP contribution < -0.4 is 14.8 Å². The molecule has 0 radical (unpaired) electrons. The maximum absolute atomic E-state index is 12.7. The highest BCUT2D eigenvalue weighted by atomic mass is 16.5. The summed E-state index contributed by atoms with van der Waals surface area (Å²) < 4.78 is 10.7. The molecular formula is C22H36N4O4. The highest BCUT2D eigenvalue weighted by Gasteiger charge is 2.24. The first kappa shape index (κ1) is 24.0. The molecule has 0 unspecified atom stereocenters. The SMILES string of the molecule is COc1ccc(CN(C)CC(=O)N2CCN(CC(=O)NC(C)(C)C)CC2)c(OC)c1. The van der Waals surface area contributed by atoms with E-state index in [1.165, 1.54) is 0 Å². The van der Waals surface area contributed by atoms with Gasteiger partial charge in [0, 0.05) is 49.9 Å². The van der Waals surface area contributed by atoms with Crippen LogP contribution in [0.25, 0.3) is 0 Å². The van der Waals surface area contributed by atoms with Crippen molar-refractivity contribution in [2.45, 2.75) is 32.9 Å². The minimum absolute atomic E-state index is 0.0236. The van der Waals surface area contributed by atoms with Crippen LogP contribution in [0.2, 0.25) is 0 Å². The van der Waals surface area contributed by atoms with Crippen molar-refractivity contribution in [3.63, 3.8) is 0 Å². The van der Waals surface area contributed by atoms with Crippen LogP contribution in [0.4, 0.5) is 0 Å². The molecule has 0 bridgehead atoms. The molecule has 0 saturated carbocycles. The van der Waals surface area contributed by atoms with Crippen molar-refractivity contribution in [3.8, 4) is 11.5 Å². The van der Waals surface area contributed by atoms with Gasteiger partial charge in [0.1, 0.15) is 11.5 Å². The molecule has 2 rings (SSSR count). The number of carbonyl (C=O) groups excluding carboxylic acids is 2. The van der Waals surface area contributed by atoms with Crippen molar-refractivity contribution >= 4 is 11.8 Å². The van der Waals surface area contributed by atoms with Gasteiger partial charge in [-0.05, 0) is 33.9 Å².